The van der Waals surface area contributed by atoms with Crippen LogP contribution in [-0.4, -0.2) is 16.2 Å². The summed E-state index contributed by atoms with van der Waals surface area (Å²) in [7, 11) is 0. The zero-order valence-electron chi connectivity index (χ0n) is 7.79. The summed E-state index contributed by atoms with van der Waals surface area (Å²) in [6, 6.07) is 9.10. The van der Waals surface area contributed by atoms with E-state index in [2.05, 4.69) is 4.98 Å². The lowest BCUT2D eigenvalue weighted by Crippen LogP contribution is -2.36. The Balaban J connectivity index is 2.51. The Morgan fingerprint density at radius 1 is 1.40 bits per heavy atom. The van der Waals surface area contributed by atoms with Gasteiger partial charge in [-0.2, -0.15) is 0 Å². The molecule has 0 aliphatic heterocycles. The van der Waals surface area contributed by atoms with Crippen molar-refractivity contribution >= 4 is 22.7 Å². The first-order valence-corrected chi connectivity index (χ1v) is 4.31. The molecule has 5 nitrogen and oxygen atoms in total. The molecule has 1 heterocycles. The van der Waals surface area contributed by atoms with Gasteiger partial charge in [0, 0.05) is 5.39 Å². The molecule has 0 radical (unpaired) electrons. The molecular formula is C10H9N3O2. The molecule has 0 atom stereocenters. The number of anilines is 1. The van der Waals surface area contributed by atoms with Crippen molar-refractivity contribution in [2.24, 2.45) is 5.84 Å². The molecule has 3 N–H and O–H groups in total. The molecule has 0 spiro atoms. The number of hydrogen-bond donors (Lipinski definition) is 2. The minimum atomic E-state index is -1.22. The number of hydrogen-bond acceptors (Lipinski definition) is 3. The zero-order valence-corrected chi connectivity index (χ0v) is 7.79. The highest BCUT2D eigenvalue weighted by Gasteiger charge is 2.09. The average molecular weight is 203 g/mol. The van der Waals surface area contributed by atoms with E-state index >= 15 is 0 Å². The number of aromatic nitrogens is 1. The Morgan fingerprint density at radius 3 is 2.87 bits per heavy atom. The van der Waals surface area contributed by atoms with Crippen molar-refractivity contribution in [3.05, 3.63) is 36.5 Å². The van der Waals surface area contributed by atoms with Gasteiger partial charge in [0.2, 0.25) is 0 Å². The van der Waals surface area contributed by atoms with E-state index in [-0.39, 0.29) is 0 Å². The zero-order chi connectivity index (χ0) is 10.8. The monoisotopic (exact) mass is 203 g/mol. The highest BCUT2D eigenvalue weighted by Crippen LogP contribution is 2.17. The molecule has 2 rings (SSSR count). The van der Waals surface area contributed by atoms with E-state index in [1.165, 1.54) is 6.20 Å². The van der Waals surface area contributed by atoms with Crippen LogP contribution in [-0.2, 0) is 0 Å². The number of carboxylic acid groups (broad SMARTS) is 1. The maximum atomic E-state index is 10.6. The summed E-state index contributed by atoms with van der Waals surface area (Å²) in [5, 5.41) is 10.2. The summed E-state index contributed by atoms with van der Waals surface area (Å²) in [5.74, 6) is 5.32. The molecular weight excluding hydrogens is 194 g/mol. The van der Waals surface area contributed by atoms with Gasteiger partial charge in [-0.3, -0.25) is 4.98 Å². The van der Waals surface area contributed by atoms with Crippen LogP contribution in [0.25, 0.3) is 10.9 Å². The summed E-state index contributed by atoms with van der Waals surface area (Å²) in [6.07, 6.45) is 0.211. The van der Waals surface area contributed by atoms with E-state index in [1.54, 1.807) is 6.07 Å². The van der Waals surface area contributed by atoms with Crippen LogP contribution in [0.3, 0.4) is 0 Å². The van der Waals surface area contributed by atoms with Crippen LogP contribution in [0.5, 0.6) is 0 Å². The average Bonchev–Trinajstić information content (AvgIpc) is 2.27. The number of amides is 1. The lowest BCUT2D eigenvalue weighted by atomic mass is 10.2. The van der Waals surface area contributed by atoms with Crippen molar-refractivity contribution in [2.75, 3.05) is 5.01 Å². The number of para-hydroxylation sites is 1. The van der Waals surface area contributed by atoms with Gasteiger partial charge in [-0.05, 0) is 12.1 Å². The minimum Gasteiger partial charge on any atom is -0.464 e. The molecule has 0 bridgehead atoms. The molecule has 1 aromatic heterocycles. The normalized spacial score (nSPS) is 10.2. The lowest BCUT2D eigenvalue weighted by molar-refractivity contribution is 0.202. The summed E-state index contributed by atoms with van der Waals surface area (Å²) >= 11 is 0. The second-order valence-corrected chi connectivity index (χ2v) is 3.04. The van der Waals surface area contributed by atoms with Gasteiger partial charge in [0.25, 0.3) is 0 Å². The lowest BCUT2D eigenvalue weighted by Gasteiger charge is -2.12. The smallest absolute Gasteiger partial charge is 0.426 e. The van der Waals surface area contributed by atoms with E-state index in [4.69, 9.17) is 10.9 Å². The molecule has 0 fully saturated rings. The van der Waals surface area contributed by atoms with Gasteiger partial charge in [-0.15, -0.1) is 0 Å². The van der Waals surface area contributed by atoms with E-state index in [0.29, 0.717) is 10.7 Å². The predicted molar refractivity (Wildman–Crippen MR) is 56.4 cm³/mol. The quantitative estimate of drug-likeness (QED) is 0.419. The van der Waals surface area contributed by atoms with Crippen molar-refractivity contribution < 1.29 is 9.90 Å². The SMILES string of the molecule is NN(C(=O)O)c1cnc2ccccc2c1. The molecule has 1 aromatic carbocycles. The molecule has 5 heteroatoms. The number of carbonyl (C=O) groups is 1. The van der Waals surface area contributed by atoms with Crippen LogP contribution in [0, 0.1) is 0 Å². The molecule has 0 saturated heterocycles. The predicted octanol–water partition coefficient (Wildman–Crippen LogP) is 1.59. The highest BCUT2D eigenvalue weighted by atomic mass is 16.4. The topological polar surface area (TPSA) is 79.5 Å². The molecule has 15 heavy (non-hydrogen) atoms. The molecule has 76 valence electrons. The van der Waals surface area contributed by atoms with Crippen molar-refractivity contribution in [3.63, 3.8) is 0 Å². The van der Waals surface area contributed by atoms with Crippen molar-refractivity contribution in [1.82, 2.24) is 4.98 Å². The van der Waals surface area contributed by atoms with Crippen LogP contribution in [0.15, 0.2) is 36.5 Å². The Kier molecular flexibility index (Phi) is 2.23. The fraction of sp³-hybridized carbons (Fsp3) is 0. The molecule has 2 aromatic rings. The number of hydrazine groups is 1. The first-order chi connectivity index (χ1) is 7.18. The molecule has 0 aliphatic rings. The number of benzene rings is 1. The maximum absolute atomic E-state index is 10.6. The number of fused-ring (bicyclic) bond motifs is 1. The van der Waals surface area contributed by atoms with Crippen LogP contribution < -0.4 is 10.9 Å². The van der Waals surface area contributed by atoms with Gasteiger partial charge in [0.15, 0.2) is 0 Å². The third kappa shape index (κ3) is 1.72. The fourth-order valence-corrected chi connectivity index (χ4v) is 1.30. The van der Waals surface area contributed by atoms with Gasteiger partial charge in [0.1, 0.15) is 0 Å². The standard InChI is InChI=1S/C10H9N3O2/c11-13(10(14)15)8-5-7-3-1-2-4-9(7)12-6-8/h1-6H,11H2,(H,14,15). The third-order valence-electron chi connectivity index (χ3n) is 2.06. The van der Waals surface area contributed by atoms with E-state index < -0.39 is 6.09 Å². The molecule has 0 unspecified atom stereocenters. The first kappa shape index (κ1) is 9.42. The van der Waals surface area contributed by atoms with Gasteiger partial charge in [0.05, 0.1) is 17.4 Å². The Morgan fingerprint density at radius 2 is 2.13 bits per heavy atom. The second kappa shape index (κ2) is 3.55. The van der Waals surface area contributed by atoms with Gasteiger partial charge in [-0.1, -0.05) is 18.2 Å². The summed E-state index contributed by atoms with van der Waals surface area (Å²) in [5.41, 5.74) is 1.15. The molecule has 1 amide bonds. The third-order valence-corrected chi connectivity index (χ3v) is 2.06. The van der Waals surface area contributed by atoms with Gasteiger partial charge in [-0.25, -0.2) is 15.6 Å². The maximum Gasteiger partial charge on any atom is 0.426 e. The Labute approximate surface area is 85.7 Å². The van der Waals surface area contributed by atoms with Gasteiger partial charge >= 0.3 is 6.09 Å². The fourth-order valence-electron chi connectivity index (χ4n) is 1.30. The van der Waals surface area contributed by atoms with Gasteiger partial charge < -0.3 is 5.11 Å². The Hall–Kier alpha value is -2.14. The molecule has 0 saturated carbocycles. The number of rotatable bonds is 1. The summed E-state index contributed by atoms with van der Waals surface area (Å²) in [6.45, 7) is 0. The largest absolute Gasteiger partial charge is 0.464 e. The van der Waals surface area contributed by atoms with Crippen LogP contribution in [0.2, 0.25) is 0 Å². The van der Waals surface area contributed by atoms with Crippen molar-refractivity contribution in [1.29, 1.82) is 0 Å². The van der Waals surface area contributed by atoms with Crippen molar-refractivity contribution in [2.45, 2.75) is 0 Å². The van der Waals surface area contributed by atoms with Crippen LogP contribution >= 0.6 is 0 Å². The second-order valence-electron chi connectivity index (χ2n) is 3.04. The number of pyridine rings is 1. The van der Waals surface area contributed by atoms with E-state index in [0.717, 1.165) is 10.9 Å². The number of nitrogens with zero attached hydrogens (tertiary/aromatic N) is 2. The minimum absolute atomic E-state index is 0.348. The highest BCUT2D eigenvalue weighted by molar-refractivity contribution is 5.89. The van der Waals surface area contributed by atoms with E-state index in [9.17, 15) is 4.79 Å². The number of nitrogens with two attached hydrogens (primary N) is 1. The first-order valence-electron chi connectivity index (χ1n) is 4.31. The summed E-state index contributed by atoms with van der Waals surface area (Å²) < 4.78 is 0. The Bertz CT molecular complexity index is 513. The summed E-state index contributed by atoms with van der Waals surface area (Å²) in [4.78, 5) is 14.7. The van der Waals surface area contributed by atoms with Crippen LogP contribution in [0.4, 0.5) is 10.5 Å². The van der Waals surface area contributed by atoms with E-state index in [1.807, 2.05) is 24.3 Å². The van der Waals surface area contributed by atoms with Crippen LogP contribution in [0.1, 0.15) is 0 Å². The molecule has 0 aliphatic carbocycles. The van der Waals surface area contributed by atoms with Crippen molar-refractivity contribution in [3.8, 4) is 0 Å².